The fourth-order valence-electron chi connectivity index (χ4n) is 4.34. The van der Waals surface area contributed by atoms with Gasteiger partial charge in [-0.25, -0.2) is 13.5 Å². The van der Waals surface area contributed by atoms with Gasteiger partial charge in [0.15, 0.2) is 0 Å². The van der Waals surface area contributed by atoms with Gasteiger partial charge in [-0.1, -0.05) is 0 Å². The molecule has 5 rings (SSSR count). The van der Waals surface area contributed by atoms with Crippen LogP contribution in [0.15, 0.2) is 42.7 Å². The lowest BCUT2D eigenvalue weighted by atomic mass is 10.0. The lowest BCUT2D eigenvalue weighted by molar-refractivity contribution is -0.0380. The van der Waals surface area contributed by atoms with Gasteiger partial charge in [-0.05, 0) is 49.7 Å². The standard InChI is InChI=1S/C23H26F2N6O.H2/c1-15-5-19(27-23-26-14-31(28-23)21-8-17(24)7-18(25)9-21)10-20(6-15)30-12-22(13-30)29-3-4-32-16(2)11-29;/h5-10,14,16,22H,3-4,11-13H2,1-2H3,(H,27,28);1H/t16-;/m1./s1. The molecular formula is C23H28F2N6O. The molecule has 1 N–H and O–H groups in total. The molecule has 2 aliphatic rings. The molecule has 0 aliphatic carbocycles. The van der Waals surface area contributed by atoms with Crippen molar-refractivity contribution in [3.63, 3.8) is 0 Å². The van der Waals surface area contributed by atoms with Crippen LogP contribution in [0.5, 0.6) is 0 Å². The van der Waals surface area contributed by atoms with Crippen molar-refractivity contribution in [2.75, 3.05) is 43.0 Å². The zero-order valence-electron chi connectivity index (χ0n) is 18.1. The Morgan fingerprint density at radius 1 is 1.03 bits per heavy atom. The van der Waals surface area contributed by atoms with Crippen LogP contribution in [0.3, 0.4) is 0 Å². The summed E-state index contributed by atoms with van der Waals surface area (Å²) in [6.45, 7) is 8.95. The zero-order chi connectivity index (χ0) is 22.2. The Kier molecular flexibility index (Phi) is 5.52. The van der Waals surface area contributed by atoms with E-state index in [9.17, 15) is 8.78 Å². The van der Waals surface area contributed by atoms with Crippen molar-refractivity contribution in [3.05, 3.63) is 59.9 Å². The van der Waals surface area contributed by atoms with E-state index in [2.05, 4.69) is 51.2 Å². The maximum absolute atomic E-state index is 13.5. The molecule has 3 heterocycles. The quantitative estimate of drug-likeness (QED) is 0.650. The van der Waals surface area contributed by atoms with E-state index in [1.54, 1.807) is 0 Å². The summed E-state index contributed by atoms with van der Waals surface area (Å²) < 4.78 is 34.0. The number of hydrogen-bond donors (Lipinski definition) is 1. The lowest BCUT2D eigenvalue weighted by Crippen LogP contribution is -2.62. The summed E-state index contributed by atoms with van der Waals surface area (Å²) in [7, 11) is 0. The molecule has 32 heavy (non-hydrogen) atoms. The van der Waals surface area contributed by atoms with Gasteiger partial charge in [0, 0.05) is 51.1 Å². The van der Waals surface area contributed by atoms with Crippen molar-refractivity contribution in [1.82, 2.24) is 19.7 Å². The largest absolute Gasteiger partial charge is 0.376 e. The summed E-state index contributed by atoms with van der Waals surface area (Å²) in [4.78, 5) is 9.11. The van der Waals surface area contributed by atoms with Crippen molar-refractivity contribution >= 4 is 17.3 Å². The van der Waals surface area contributed by atoms with E-state index in [0.717, 1.165) is 55.8 Å². The van der Waals surface area contributed by atoms with Gasteiger partial charge in [0.1, 0.15) is 18.0 Å². The molecule has 2 aliphatic heterocycles. The third kappa shape index (κ3) is 4.44. The molecule has 2 saturated heterocycles. The van der Waals surface area contributed by atoms with Gasteiger partial charge in [0.2, 0.25) is 5.95 Å². The highest BCUT2D eigenvalue weighted by Gasteiger charge is 2.34. The topological polar surface area (TPSA) is 58.5 Å². The average Bonchev–Trinajstić information content (AvgIpc) is 3.14. The van der Waals surface area contributed by atoms with E-state index in [0.29, 0.717) is 18.1 Å². The highest BCUT2D eigenvalue weighted by Crippen LogP contribution is 2.29. The molecule has 0 unspecified atom stereocenters. The number of morpholine rings is 1. The third-order valence-corrected chi connectivity index (χ3v) is 5.94. The second kappa shape index (κ2) is 8.48. The molecule has 9 heteroatoms. The van der Waals surface area contributed by atoms with Crippen molar-refractivity contribution in [2.24, 2.45) is 0 Å². The minimum Gasteiger partial charge on any atom is -0.376 e. The van der Waals surface area contributed by atoms with Gasteiger partial charge < -0.3 is 15.0 Å². The SMILES string of the molecule is Cc1cc(Nc2ncn(-c3cc(F)cc(F)c3)n2)cc(N2CC(N3CCO[C@H](C)C3)C2)c1.[HH]. The van der Waals surface area contributed by atoms with E-state index >= 15 is 0 Å². The van der Waals surface area contributed by atoms with Crippen molar-refractivity contribution < 1.29 is 14.9 Å². The second-order valence-electron chi connectivity index (χ2n) is 8.56. The molecule has 3 aromatic rings. The van der Waals surface area contributed by atoms with Gasteiger partial charge in [-0.2, -0.15) is 4.98 Å². The van der Waals surface area contributed by atoms with Crippen LogP contribution in [0.1, 0.15) is 13.9 Å². The van der Waals surface area contributed by atoms with E-state index in [-0.39, 0.29) is 7.11 Å². The van der Waals surface area contributed by atoms with Crippen LogP contribution < -0.4 is 10.2 Å². The van der Waals surface area contributed by atoms with Crippen LogP contribution in [-0.4, -0.2) is 64.6 Å². The smallest absolute Gasteiger partial charge is 0.246 e. The van der Waals surface area contributed by atoms with Crippen LogP contribution >= 0.6 is 0 Å². The maximum Gasteiger partial charge on any atom is 0.246 e. The lowest BCUT2D eigenvalue weighted by Gasteiger charge is -2.48. The van der Waals surface area contributed by atoms with Gasteiger partial charge in [-0.15, -0.1) is 5.10 Å². The van der Waals surface area contributed by atoms with Gasteiger partial charge in [0.05, 0.1) is 18.4 Å². The summed E-state index contributed by atoms with van der Waals surface area (Å²) in [6.07, 6.45) is 1.72. The van der Waals surface area contributed by atoms with Crippen LogP contribution in [0.25, 0.3) is 5.69 Å². The fourth-order valence-corrected chi connectivity index (χ4v) is 4.34. The Labute approximate surface area is 187 Å². The molecule has 7 nitrogen and oxygen atoms in total. The number of aromatic nitrogens is 3. The average molecular weight is 443 g/mol. The molecule has 1 atom stereocenters. The predicted molar refractivity (Wildman–Crippen MR) is 121 cm³/mol. The second-order valence-corrected chi connectivity index (χ2v) is 8.56. The van der Waals surface area contributed by atoms with Crippen molar-refractivity contribution in [1.29, 1.82) is 0 Å². The van der Waals surface area contributed by atoms with E-state index in [1.165, 1.54) is 23.1 Å². The summed E-state index contributed by atoms with van der Waals surface area (Å²) >= 11 is 0. The summed E-state index contributed by atoms with van der Waals surface area (Å²) in [5.74, 6) is -0.963. The van der Waals surface area contributed by atoms with E-state index in [1.807, 2.05) is 6.07 Å². The Bertz CT molecular complexity index is 1100. The number of anilines is 3. The Morgan fingerprint density at radius 3 is 2.56 bits per heavy atom. The number of hydrogen-bond acceptors (Lipinski definition) is 6. The molecule has 0 radical (unpaired) electrons. The molecule has 0 spiro atoms. The first-order valence-corrected chi connectivity index (χ1v) is 10.8. The van der Waals surface area contributed by atoms with E-state index in [4.69, 9.17) is 4.74 Å². The highest BCUT2D eigenvalue weighted by molar-refractivity contribution is 5.65. The zero-order valence-corrected chi connectivity index (χ0v) is 18.1. The first-order valence-electron chi connectivity index (χ1n) is 10.8. The fraction of sp³-hybridized carbons (Fsp3) is 0.391. The summed E-state index contributed by atoms with van der Waals surface area (Å²) in [6, 6.07) is 10.1. The summed E-state index contributed by atoms with van der Waals surface area (Å²) in [5.41, 5.74) is 3.42. The number of rotatable bonds is 5. The van der Waals surface area contributed by atoms with E-state index < -0.39 is 11.6 Å². The van der Waals surface area contributed by atoms with Crippen molar-refractivity contribution in [3.8, 4) is 5.69 Å². The number of nitrogens with one attached hydrogen (secondary N) is 1. The minimum atomic E-state index is -0.660. The molecular weight excluding hydrogens is 414 g/mol. The highest BCUT2D eigenvalue weighted by atomic mass is 19.1. The minimum absolute atomic E-state index is 0. The molecule has 2 aromatic carbocycles. The van der Waals surface area contributed by atoms with Crippen LogP contribution in [0.4, 0.5) is 26.1 Å². The van der Waals surface area contributed by atoms with Gasteiger partial charge in [0.25, 0.3) is 0 Å². The molecule has 0 bridgehead atoms. The molecule has 0 saturated carbocycles. The number of aryl methyl sites for hydroxylation is 1. The van der Waals surface area contributed by atoms with Crippen molar-refractivity contribution in [2.45, 2.75) is 26.0 Å². The van der Waals surface area contributed by atoms with Crippen LogP contribution in [-0.2, 0) is 4.74 Å². The van der Waals surface area contributed by atoms with Gasteiger partial charge >= 0.3 is 0 Å². The number of halogens is 2. The Hall–Kier alpha value is -3.04. The Balaban J connectivity index is 0.00000259. The number of benzene rings is 2. The van der Waals surface area contributed by atoms with Crippen LogP contribution in [0.2, 0.25) is 0 Å². The normalized spacial score (nSPS) is 19.8. The molecule has 2 fully saturated rings. The maximum atomic E-state index is 13.5. The molecule has 1 aromatic heterocycles. The van der Waals surface area contributed by atoms with Gasteiger partial charge in [-0.3, -0.25) is 4.90 Å². The predicted octanol–water partition coefficient (Wildman–Crippen LogP) is 3.75. The Morgan fingerprint density at radius 2 is 1.81 bits per heavy atom. The first kappa shape index (κ1) is 20.8. The third-order valence-electron chi connectivity index (χ3n) is 5.94. The molecule has 170 valence electrons. The number of ether oxygens (including phenoxy) is 1. The monoisotopic (exact) mass is 442 g/mol. The first-order chi connectivity index (χ1) is 15.4. The number of nitrogens with zero attached hydrogens (tertiary/aromatic N) is 5. The summed E-state index contributed by atoms with van der Waals surface area (Å²) in [5, 5.41) is 7.51. The van der Waals surface area contributed by atoms with Crippen LogP contribution in [0, 0.1) is 18.6 Å². The molecule has 0 amide bonds.